The van der Waals surface area contributed by atoms with E-state index < -0.39 is 12.0 Å². The van der Waals surface area contributed by atoms with Crippen LogP contribution in [0.1, 0.15) is 12.0 Å². The topological polar surface area (TPSA) is 83.1 Å². The van der Waals surface area contributed by atoms with Gasteiger partial charge in [0.1, 0.15) is 6.04 Å². The summed E-state index contributed by atoms with van der Waals surface area (Å²) in [6, 6.07) is 2.76. The molecule has 0 spiro atoms. The Bertz CT molecular complexity index is 593. The summed E-state index contributed by atoms with van der Waals surface area (Å²) >= 11 is 1.59. The molecule has 1 rings (SSSR count). The van der Waals surface area contributed by atoms with E-state index >= 15 is 0 Å². The Morgan fingerprint density at radius 2 is 1.76 bits per heavy atom. The first-order chi connectivity index (χ1) is 12.0. The normalized spacial score (nSPS) is 11.4. The minimum absolute atomic E-state index is 0.0380. The third-order valence-electron chi connectivity index (χ3n) is 3.57. The van der Waals surface area contributed by atoms with Crippen molar-refractivity contribution in [2.45, 2.75) is 18.9 Å². The fourth-order valence-corrected chi connectivity index (χ4v) is 2.82. The summed E-state index contributed by atoms with van der Waals surface area (Å²) < 4.78 is 20.7. The van der Waals surface area contributed by atoms with Gasteiger partial charge in [0.05, 0.1) is 34.9 Å². The smallest absolute Gasteiger partial charge is 0.328 e. The van der Waals surface area contributed by atoms with Crippen LogP contribution in [-0.4, -0.2) is 58.4 Å². The van der Waals surface area contributed by atoms with E-state index in [1.807, 2.05) is 6.26 Å². The Kier molecular flexibility index (Phi) is 8.98. The van der Waals surface area contributed by atoms with Gasteiger partial charge in [-0.3, -0.25) is 4.79 Å². The second-order valence-corrected chi connectivity index (χ2v) is 6.08. The lowest BCUT2D eigenvalue weighted by molar-refractivity contribution is -0.145. The average molecular weight is 371 g/mol. The molecule has 0 aliphatic carbocycles. The van der Waals surface area contributed by atoms with Crippen molar-refractivity contribution in [1.29, 1.82) is 0 Å². The zero-order valence-corrected chi connectivity index (χ0v) is 16.0. The van der Waals surface area contributed by atoms with Crippen molar-refractivity contribution in [3.8, 4) is 17.2 Å². The Morgan fingerprint density at radius 1 is 1.08 bits per heavy atom. The molecule has 0 aliphatic heterocycles. The largest absolute Gasteiger partial charge is 0.493 e. The zero-order valence-electron chi connectivity index (χ0n) is 15.2. The fourth-order valence-electron chi connectivity index (χ4n) is 2.35. The lowest BCUT2D eigenvalue weighted by Crippen LogP contribution is -2.42. The molecule has 0 fully saturated rings. The van der Waals surface area contributed by atoms with Crippen LogP contribution in [0.3, 0.4) is 0 Å². The Hall–Kier alpha value is -2.09. The van der Waals surface area contributed by atoms with Crippen LogP contribution in [-0.2, 0) is 20.7 Å². The first-order valence-electron chi connectivity index (χ1n) is 7.66. The molecule has 0 aliphatic rings. The second-order valence-electron chi connectivity index (χ2n) is 5.09. The molecule has 0 saturated carbocycles. The highest BCUT2D eigenvalue weighted by molar-refractivity contribution is 7.98. The fraction of sp³-hybridized carbons (Fsp3) is 0.529. The van der Waals surface area contributed by atoms with E-state index in [1.54, 1.807) is 23.9 Å². The van der Waals surface area contributed by atoms with Crippen LogP contribution < -0.4 is 19.5 Å². The predicted octanol–water partition coefficient (Wildman–Crippen LogP) is 1.67. The molecule has 7 nitrogen and oxygen atoms in total. The van der Waals surface area contributed by atoms with Crippen LogP contribution in [0.15, 0.2) is 12.1 Å². The molecule has 0 aromatic heterocycles. The van der Waals surface area contributed by atoms with Crippen molar-refractivity contribution in [1.82, 2.24) is 5.32 Å². The lowest BCUT2D eigenvalue weighted by atomic mass is 10.1. The Morgan fingerprint density at radius 3 is 2.28 bits per heavy atom. The van der Waals surface area contributed by atoms with Crippen LogP contribution in [0.4, 0.5) is 0 Å². The zero-order chi connectivity index (χ0) is 18.8. The standard InChI is InChI=1S/C17H25NO6S/c1-21-13-7-6-11(15(22-2)16(13)23-3)10-14(19)18-12(8-9-25-5)17(20)24-4/h6-7,12H,8-10H2,1-5H3,(H,18,19)/t12-/m0/s1. The van der Waals surface area contributed by atoms with Gasteiger partial charge in [-0.25, -0.2) is 4.79 Å². The number of rotatable bonds is 10. The maximum absolute atomic E-state index is 12.4. The van der Waals surface area contributed by atoms with Gasteiger partial charge in [0.15, 0.2) is 11.5 Å². The van der Waals surface area contributed by atoms with E-state index in [9.17, 15) is 9.59 Å². The molecule has 1 atom stereocenters. The Labute approximate surface area is 152 Å². The minimum atomic E-state index is -0.670. The maximum Gasteiger partial charge on any atom is 0.328 e. The van der Waals surface area contributed by atoms with Crippen LogP contribution in [0.2, 0.25) is 0 Å². The predicted molar refractivity (Wildman–Crippen MR) is 96.7 cm³/mol. The van der Waals surface area contributed by atoms with Crippen molar-refractivity contribution >= 4 is 23.6 Å². The second kappa shape index (κ2) is 10.7. The number of ether oxygens (including phenoxy) is 4. The number of hydrogen-bond acceptors (Lipinski definition) is 7. The molecule has 25 heavy (non-hydrogen) atoms. The van der Waals surface area contributed by atoms with E-state index in [1.165, 1.54) is 28.4 Å². The molecule has 0 radical (unpaired) electrons. The maximum atomic E-state index is 12.4. The number of hydrogen-bond donors (Lipinski definition) is 1. The summed E-state index contributed by atoms with van der Waals surface area (Å²) in [4.78, 5) is 24.2. The molecule has 0 heterocycles. The van der Waals surface area contributed by atoms with Crippen LogP contribution >= 0.6 is 11.8 Å². The molecule has 1 amide bonds. The van der Waals surface area contributed by atoms with E-state index in [4.69, 9.17) is 18.9 Å². The molecule has 1 aromatic carbocycles. The molecule has 1 aromatic rings. The molecular formula is C17H25NO6S. The summed E-state index contributed by atoms with van der Waals surface area (Å²) in [5, 5.41) is 2.71. The molecule has 0 bridgehead atoms. The van der Waals surface area contributed by atoms with Crippen LogP contribution in [0, 0.1) is 0 Å². The molecule has 1 N–H and O–H groups in total. The number of nitrogens with one attached hydrogen (secondary N) is 1. The van der Waals surface area contributed by atoms with Gasteiger partial charge in [-0.1, -0.05) is 6.07 Å². The number of carbonyl (C=O) groups is 2. The SMILES string of the molecule is COC(=O)[C@H](CCSC)NC(=O)Cc1ccc(OC)c(OC)c1OC. The van der Waals surface area contributed by atoms with Crippen molar-refractivity contribution in [3.63, 3.8) is 0 Å². The number of benzene rings is 1. The Balaban J connectivity index is 2.93. The first kappa shape index (κ1) is 21.0. The van der Waals surface area contributed by atoms with Crippen molar-refractivity contribution in [2.75, 3.05) is 40.4 Å². The van der Waals surface area contributed by atoms with Crippen LogP contribution in [0.5, 0.6) is 17.2 Å². The summed E-state index contributed by atoms with van der Waals surface area (Å²) in [5.74, 6) is 1.33. The molecule has 0 unspecified atom stereocenters. The van der Waals surface area contributed by atoms with Crippen molar-refractivity contribution < 1.29 is 28.5 Å². The number of carbonyl (C=O) groups excluding carboxylic acids is 2. The van der Waals surface area contributed by atoms with Crippen molar-refractivity contribution in [3.05, 3.63) is 17.7 Å². The quantitative estimate of drug-likeness (QED) is 0.626. The van der Waals surface area contributed by atoms with E-state index in [2.05, 4.69) is 5.32 Å². The highest BCUT2D eigenvalue weighted by Gasteiger charge is 2.23. The van der Waals surface area contributed by atoms with Gasteiger partial charge in [0.25, 0.3) is 0 Å². The van der Waals surface area contributed by atoms with Gasteiger partial charge in [-0.15, -0.1) is 0 Å². The molecule has 0 saturated heterocycles. The van der Waals surface area contributed by atoms with Crippen molar-refractivity contribution in [2.24, 2.45) is 0 Å². The third-order valence-corrected chi connectivity index (χ3v) is 4.21. The van der Waals surface area contributed by atoms with Gasteiger partial charge in [-0.2, -0.15) is 11.8 Å². The highest BCUT2D eigenvalue weighted by atomic mass is 32.2. The van der Waals surface area contributed by atoms with Gasteiger partial charge in [0.2, 0.25) is 11.7 Å². The molecule has 140 valence electrons. The van der Waals surface area contributed by atoms with Gasteiger partial charge >= 0.3 is 5.97 Å². The number of amides is 1. The molecular weight excluding hydrogens is 346 g/mol. The average Bonchev–Trinajstić information content (AvgIpc) is 2.63. The highest BCUT2D eigenvalue weighted by Crippen LogP contribution is 2.39. The first-order valence-corrected chi connectivity index (χ1v) is 9.05. The van der Waals surface area contributed by atoms with E-state index in [0.717, 1.165) is 5.75 Å². The minimum Gasteiger partial charge on any atom is -0.493 e. The number of esters is 1. The van der Waals surface area contributed by atoms with E-state index in [-0.39, 0.29) is 12.3 Å². The molecule has 8 heteroatoms. The summed E-state index contributed by atoms with van der Waals surface area (Å²) in [5.41, 5.74) is 0.631. The summed E-state index contributed by atoms with van der Waals surface area (Å²) in [6.07, 6.45) is 2.48. The number of thioether (sulfide) groups is 1. The third kappa shape index (κ3) is 5.74. The van der Waals surface area contributed by atoms with Crippen LogP contribution in [0.25, 0.3) is 0 Å². The number of methoxy groups -OCH3 is 4. The monoisotopic (exact) mass is 371 g/mol. The van der Waals surface area contributed by atoms with Gasteiger partial charge < -0.3 is 24.3 Å². The van der Waals surface area contributed by atoms with Gasteiger partial charge in [0, 0.05) is 5.56 Å². The van der Waals surface area contributed by atoms with Gasteiger partial charge in [-0.05, 0) is 24.5 Å². The lowest BCUT2D eigenvalue weighted by Gasteiger charge is -2.18. The summed E-state index contributed by atoms with van der Waals surface area (Å²) in [7, 11) is 5.82. The van der Waals surface area contributed by atoms with E-state index in [0.29, 0.717) is 29.2 Å². The summed E-state index contributed by atoms with van der Waals surface area (Å²) in [6.45, 7) is 0.